The summed E-state index contributed by atoms with van der Waals surface area (Å²) in [6.45, 7) is 3.55. The number of benzene rings is 2. The molecule has 0 radical (unpaired) electrons. The van der Waals surface area contributed by atoms with Gasteiger partial charge in [0.1, 0.15) is 12.2 Å². The lowest BCUT2D eigenvalue weighted by Crippen LogP contribution is -2.37. The van der Waals surface area contributed by atoms with E-state index in [0.717, 1.165) is 32.9 Å². The van der Waals surface area contributed by atoms with Crippen LogP contribution in [0.2, 0.25) is 0 Å². The Hall–Kier alpha value is -4.26. The monoisotopic (exact) mass is 424 g/mol. The van der Waals surface area contributed by atoms with E-state index in [4.69, 9.17) is 4.98 Å². The Balaban J connectivity index is 1.38. The first kappa shape index (κ1) is 19.7. The van der Waals surface area contributed by atoms with Crippen LogP contribution in [0.25, 0.3) is 16.9 Å². The van der Waals surface area contributed by atoms with Crippen LogP contribution in [0, 0.1) is 13.8 Å². The summed E-state index contributed by atoms with van der Waals surface area (Å²) in [5.74, 6) is -1.34. The van der Waals surface area contributed by atoms with Crippen molar-refractivity contribution in [2.45, 2.75) is 13.8 Å². The smallest absolute Gasteiger partial charge is 0.262 e. The number of imide groups is 1. The zero-order chi connectivity index (χ0) is 22.4. The van der Waals surface area contributed by atoms with Gasteiger partial charge in [0, 0.05) is 23.6 Å². The molecule has 2 aromatic heterocycles. The van der Waals surface area contributed by atoms with Crippen LogP contribution in [-0.2, 0) is 4.79 Å². The molecular formula is C25H20N4O3. The van der Waals surface area contributed by atoms with Crippen LogP contribution in [0.1, 0.15) is 31.8 Å². The van der Waals surface area contributed by atoms with Gasteiger partial charge in [0.2, 0.25) is 5.91 Å². The summed E-state index contributed by atoms with van der Waals surface area (Å²) >= 11 is 0. The number of imidazole rings is 1. The van der Waals surface area contributed by atoms with Crippen LogP contribution in [-0.4, -0.2) is 38.6 Å². The van der Waals surface area contributed by atoms with E-state index in [0.29, 0.717) is 16.8 Å². The number of rotatable bonds is 4. The Labute approximate surface area is 184 Å². The third-order valence-electron chi connectivity index (χ3n) is 5.67. The molecule has 0 bridgehead atoms. The molecule has 32 heavy (non-hydrogen) atoms. The second-order valence-electron chi connectivity index (χ2n) is 7.87. The molecule has 3 amide bonds. The Kier molecular flexibility index (Phi) is 4.59. The Bertz CT molecular complexity index is 1380. The molecule has 0 unspecified atom stereocenters. The molecule has 0 fully saturated rings. The lowest BCUT2D eigenvalue weighted by atomic mass is 10.1. The predicted molar refractivity (Wildman–Crippen MR) is 121 cm³/mol. The first-order valence-corrected chi connectivity index (χ1v) is 10.2. The standard InChI is InChI=1S/C25H20N4O3/c1-15-9-10-17(21-13-28-11-5-6-16(2)23(28)27-21)12-20(15)26-22(30)14-29-24(31)18-7-3-4-8-19(18)25(29)32/h3-13H,14H2,1-2H3,(H,26,30). The molecule has 7 heteroatoms. The molecule has 1 N–H and O–H groups in total. The van der Waals surface area contributed by atoms with E-state index in [1.54, 1.807) is 24.3 Å². The maximum Gasteiger partial charge on any atom is 0.262 e. The van der Waals surface area contributed by atoms with E-state index in [9.17, 15) is 14.4 Å². The summed E-state index contributed by atoms with van der Waals surface area (Å²) in [5, 5.41) is 2.84. The van der Waals surface area contributed by atoms with Gasteiger partial charge in [0.05, 0.1) is 16.8 Å². The van der Waals surface area contributed by atoms with E-state index in [-0.39, 0.29) is 6.54 Å². The van der Waals surface area contributed by atoms with Crippen LogP contribution in [0.4, 0.5) is 5.69 Å². The molecule has 0 spiro atoms. The van der Waals surface area contributed by atoms with E-state index in [2.05, 4.69) is 5.32 Å². The number of aryl methyl sites for hydroxylation is 2. The van der Waals surface area contributed by atoms with Crippen molar-refractivity contribution in [3.63, 3.8) is 0 Å². The van der Waals surface area contributed by atoms with Crippen molar-refractivity contribution < 1.29 is 14.4 Å². The summed E-state index contributed by atoms with van der Waals surface area (Å²) in [6.07, 6.45) is 3.88. The second-order valence-corrected chi connectivity index (χ2v) is 7.87. The largest absolute Gasteiger partial charge is 0.324 e. The van der Waals surface area contributed by atoms with Crippen molar-refractivity contribution in [2.24, 2.45) is 0 Å². The fourth-order valence-electron chi connectivity index (χ4n) is 3.92. The molecule has 5 rings (SSSR count). The number of hydrogen-bond donors (Lipinski definition) is 1. The molecule has 3 heterocycles. The average Bonchev–Trinajstić information content (AvgIpc) is 3.32. The third kappa shape index (κ3) is 3.24. The number of carbonyl (C=O) groups is 3. The summed E-state index contributed by atoms with van der Waals surface area (Å²) < 4.78 is 1.96. The van der Waals surface area contributed by atoms with Crippen LogP contribution in [0.15, 0.2) is 67.0 Å². The van der Waals surface area contributed by atoms with Gasteiger partial charge in [-0.1, -0.05) is 30.3 Å². The zero-order valence-corrected chi connectivity index (χ0v) is 17.6. The van der Waals surface area contributed by atoms with Crippen LogP contribution < -0.4 is 5.32 Å². The number of nitrogens with zero attached hydrogens (tertiary/aromatic N) is 3. The van der Waals surface area contributed by atoms with Crippen molar-refractivity contribution in [1.29, 1.82) is 0 Å². The molecule has 2 aromatic carbocycles. The van der Waals surface area contributed by atoms with E-state index in [1.165, 1.54) is 0 Å². The molecule has 0 aliphatic carbocycles. The average molecular weight is 424 g/mol. The maximum atomic E-state index is 12.7. The zero-order valence-electron chi connectivity index (χ0n) is 17.6. The second kappa shape index (κ2) is 7.46. The van der Waals surface area contributed by atoms with Gasteiger partial charge in [-0.25, -0.2) is 4.98 Å². The fraction of sp³-hybridized carbons (Fsp3) is 0.120. The normalized spacial score (nSPS) is 13.0. The number of amides is 3. The Morgan fingerprint density at radius 1 is 0.938 bits per heavy atom. The minimum absolute atomic E-state index is 0.325. The van der Waals surface area contributed by atoms with Crippen molar-refractivity contribution in [3.8, 4) is 11.3 Å². The van der Waals surface area contributed by atoms with E-state index < -0.39 is 17.7 Å². The van der Waals surface area contributed by atoms with Gasteiger partial charge in [-0.15, -0.1) is 0 Å². The number of nitrogens with one attached hydrogen (secondary N) is 1. The molecule has 1 aliphatic rings. The van der Waals surface area contributed by atoms with Crippen molar-refractivity contribution in [3.05, 3.63) is 89.2 Å². The Morgan fingerprint density at radius 3 is 2.34 bits per heavy atom. The quantitative estimate of drug-likeness (QED) is 0.505. The molecule has 158 valence electrons. The highest BCUT2D eigenvalue weighted by Crippen LogP contribution is 2.27. The van der Waals surface area contributed by atoms with Gasteiger partial charge >= 0.3 is 0 Å². The maximum absolute atomic E-state index is 12.7. The number of hydrogen-bond acceptors (Lipinski definition) is 4. The van der Waals surface area contributed by atoms with E-state index in [1.807, 2.05) is 61.0 Å². The van der Waals surface area contributed by atoms with Crippen LogP contribution >= 0.6 is 0 Å². The summed E-state index contributed by atoms with van der Waals surface area (Å²) in [6, 6.07) is 16.3. The number of pyridine rings is 1. The Morgan fingerprint density at radius 2 is 1.66 bits per heavy atom. The molecule has 0 atom stereocenters. The molecule has 1 aliphatic heterocycles. The van der Waals surface area contributed by atoms with Crippen molar-refractivity contribution in [2.75, 3.05) is 11.9 Å². The van der Waals surface area contributed by atoms with Crippen LogP contribution in [0.5, 0.6) is 0 Å². The topological polar surface area (TPSA) is 83.8 Å². The number of carbonyl (C=O) groups excluding carboxylic acids is 3. The minimum atomic E-state index is -0.453. The van der Waals surface area contributed by atoms with Gasteiger partial charge < -0.3 is 9.72 Å². The molecule has 4 aromatic rings. The van der Waals surface area contributed by atoms with Gasteiger partial charge in [-0.05, 0) is 49.2 Å². The lowest BCUT2D eigenvalue weighted by Gasteiger charge is -2.15. The summed E-state index contributed by atoms with van der Waals surface area (Å²) in [5.41, 5.74) is 5.71. The minimum Gasteiger partial charge on any atom is -0.324 e. The molecule has 0 saturated carbocycles. The van der Waals surface area contributed by atoms with Crippen molar-refractivity contribution >= 4 is 29.1 Å². The highest BCUT2D eigenvalue weighted by molar-refractivity contribution is 6.22. The fourth-order valence-corrected chi connectivity index (χ4v) is 3.92. The number of anilines is 1. The lowest BCUT2D eigenvalue weighted by molar-refractivity contribution is -0.116. The summed E-state index contributed by atoms with van der Waals surface area (Å²) in [7, 11) is 0. The highest BCUT2D eigenvalue weighted by Gasteiger charge is 2.36. The van der Waals surface area contributed by atoms with Gasteiger partial charge in [-0.3, -0.25) is 19.3 Å². The molecule has 0 saturated heterocycles. The SMILES string of the molecule is Cc1ccc(-c2cn3cccc(C)c3n2)cc1NC(=O)CN1C(=O)c2ccccc2C1=O. The summed E-state index contributed by atoms with van der Waals surface area (Å²) in [4.78, 5) is 43.5. The first-order valence-electron chi connectivity index (χ1n) is 10.2. The van der Waals surface area contributed by atoms with E-state index >= 15 is 0 Å². The van der Waals surface area contributed by atoms with Crippen LogP contribution in [0.3, 0.4) is 0 Å². The number of fused-ring (bicyclic) bond motifs is 2. The van der Waals surface area contributed by atoms with Gasteiger partial charge in [-0.2, -0.15) is 0 Å². The number of aromatic nitrogens is 2. The predicted octanol–water partition coefficient (Wildman–Crippen LogP) is 3.85. The highest BCUT2D eigenvalue weighted by atomic mass is 16.2. The van der Waals surface area contributed by atoms with Gasteiger partial charge in [0.15, 0.2) is 0 Å². The van der Waals surface area contributed by atoms with Gasteiger partial charge in [0.25, 0.3) is 11.8 Å². The van der Waals surface area contributed by atoms with Crippen molar-refractivity contribution in [1.82, 2.24) is 14.3 Å². The first-order chi connectivity index (χ1) is 15.4. The molecular weight excluding hydrogens is 404 g/mol. The third-order valence-corrected chi connectivity index (χ3v) is 5.67. The molecule has 7 nitrogen and oxygen atoms in total.